The molecular weight excluding hydrogens is 296 g/mol. The summed E-state index contributed by atoms with van der Waals surface area (Å²) in [6.45, 7) is 1.91. The van der Waals surface area contributed by atoms with Crippen LogP contribution < -0.4 is 10.0 Å². The largest absolute Gasteiger partial charge is 0.619 e. The molecule has 0 aliphatic carbocycles. The van der Waals surface area contributed by atoms with Gasteiger partial charge < -0.3 is 10.5 Å². The molecule has 0 aliphatic heterocycles. The third kappa shape index (κ3) is 2.87. The maximum Gasteiger partial charge on any atom is 0.256 e. The minimum atomic E-state index is -0.235. The van der Waals surface area contributed by atoms with E-state index < -0.39 is 0 Å². The van der Waals surface area contributed by atoms with Gasteiger partial charge in [-0.25, -0.2) is 0 Å². The van der Waals surface area contributed by atoms with Crippen molar-refractivity contribution in [1.82, 2.24) is 0 Å². The maximum atomic E-state index is 11.9. The van der Waals surface area contributed by atoms with E-state index in [4.69, 9.17) is 0 Å². The molecule has 0 unspecified atom stereocenters. The number of amides is 1. The predicted molar refractivity (Wildman–Crippen MR) is 72.2 cm³/mol. The van der Waals surface area contributed by atoms with E-state index in [1.807, 2.05) is 25.1 Å². The summed E-state index contributed by atoms with van der Waals surface area (Å²) in [4.78, 5) is 11.9. The molecule has 0 radical (unpaired) electrons. The maximum absolute atomic E-state index is 11.9. The molecule has 1 aromatic carbocycles. The van der Waals surface area contributed by atoms with Crippen LogP contribution >= 0.6 is 15.9 Å². The number of carbonyl (C=O) groups excluding carboxylic acids is 1. The molecule has 2 rings (SSSR count). The average molecular weight is 307 g/mol. The Balaban J connectivity index is 2.18. The topological polar surface area (TPSA) is 56.0 Å². The standard InChI is InChI=1S/C13H11BrN2O2/c1-9-8-11(14)2-3-12(9)15-13(17)10-4-6-16(18)7-5-10/h2-8H,1H3,(H,15,17). The monoisotopic (exact) mass is 306 g/mol. The van der Waals surface area contributed by atoms with Crippen LogP contribution in [0, 0.1) is 12.1 Å². The highest BCUT2D eigenvalue weighted by atomic mass is 79.9. The summed E-state index contributed by atoms with van der Waals surface area (Å²) in [6, 6.07) is 8.58. The number of carbonyl (C=O) groups is 1. The summed E-state index contributed by atoms with van der Waals surface area (Å²) in [5.74, 6) is -0.235. The minimum absolute atomic E-state index is 0.235. The van der Waals surface area contributed by atoms with Gasteiger partial charge in [0.25, 0.3) is 5.91 Å². The SMILES string of the molecule is Cc1cc(Br)ccc1NC(=O)c1cc[n+]([O-])cc1. The molecule has 18 heavy (non-hydrogen) atoms. The molecule has 0 aliphatic rings. The molecule has 2 aromatic rings. The number of aryl methyl sites for hydroxylation is 1. The van der Waals surface area contributed by atoms with Crippen LogP contribution in [0.3, 0.4) is 0 Å². The van der Waals surface area contributed by atoms with Crippen molar-refractivity contribution in [2.24, 2.45) is 0 Å². The van der Waals surface area contributed by atoms with Crippen molar-refractivity contribution < 1.29 is 9.52 Å². The summed E-state index contributed by atoms with van der Waals surface area (Å²) in [5.41, 5.74) is 2.17. The van der Waals surface area contributed by atoms with Gasteiger partial charge in [0, 0.05) is 22.3 Å². The van der Waals surface area contributed by atoms with E-state index in [1.165, 1.54) is 24.5 Å². The van der Waals surface area contributed by atoms with Crippen LogP contribution in [0.1, 0.15) is 15.9 Å². The zero-order valence-corrected chi connectivity index (χ0v) is 11.3. The lowest BCUT2D eigenvalue weighted by Crippen LogP contribution is -2.25. The smallest absolute Gasteiger partial charge is 0.256 e. The summed E-state index contributed by atoms with van der Waals surface area (Å²) in [7, 11) is 0. The first-order chi connectivity index (χ1) is 8.56. The lowest BCUT2D eigenvalue weighted by Gasteiger charge is -2.08. The number of rotatable bonds is 2. The predicted octanol–water partition coefficient (Wildman–Crippen LogP) is 2.64. The molecular formula is C13H11BrN2O2. The number of hydrogen-bond donors (Lipinski definition) is 1. The van der Waals surface area contributed by atoms with Crippen molar-refractivity contribution in [2.45, 2.75) is 6.92 Å². The molecule has 1 aromatic heterocycles. The first-order valence-corrected chi connectivity index (χ1v) is 6.12. The summed E-state index contributed by atoms with van der Waals surface area (Å²) in [6.07, 6.45) is 2.59. The van der Waals surface area contributed by atoms with Crippen LogP contribution in [-0.4, -0.2) is 5.91 Å². The number of aromatic nitrogens is 1. The molecule has 0 saturated carbocycles. The van der Waals surface area contributed by atoms with Crippen molar-refractivity contribution in [3.8, 4) is 0 Å². The molecule has 92 valence electrons. The first-order valence-electron chi connectivity index (χ1n) is 5.32. The summed E-state index contributed by atoms with van der Waals surface area (Å²) >= 11 is 3.37. The highest BCUT2D eigenvalue weighted by Crippen LogP contribution is 2.20. The van der Waals surface area contributed by atoms with E-state index in [0.717, 1.165) is 15.7 Å². The third-order valence-electron chi connectivity index (χ3n) is 2.50. The molecule has 1 heterocycles. The van der Waals surface area contributed by atoms with Crippen LogP contribution in [0.2, 0.25) is 0 Å². The Bertz CT molecular complexity index is 582. The number of halogens is 1. The fraction of sp³-hybridized carbons (Fsp3) is 0.0769. The second-order valence-electron chi connectivity index (χ2n) is 3.86. The Labute approximate surface area is 113 Å². The van der Waals surface area contributed by atoms with Crippen LogP contribution in [0.5, 0.6) is 0 Å². The summed E-state index contributed by atoms with van der Waals surface area (Å²) < 4.78 is 1.60. The van der Waals surface area contributed by atoms with Gasteiger partial charge in [-0.05, 0) is 30.7 Å². The van der Waals surface area contributed by atoms with E-state index in [0.29, 0.717) is 10.3 Å². The number of benzene rings is 1. The zero-order chi connectivity index (χ0) is 13.1. The van der Waals surface area contributed by atoms with Crippen LogP contribution in [0.4, 0.5) is 5.69 Å². The van der Waals surface area contributed by atoms with Crippen LogP contribution in [-0.2, 0) is 0 Å². The van der Waals surface area contributed by atoms with E-state index in [-0.39, 0.29) is 5.91 Å². The van der Waals surface area contributed by atoms with Crippen molar-refractivity contribution in [1.29, 1.82) is 0 Å². The van der Waals surface area contributed by atoms with Crippen LogP contribution in [0.25, 0.3) is 0 Å². The van der Waals surface area contributed by atoms with Gasteiger partial charge in [0.1, 0.15) is 0 Å². The quantitative estimate of drug-likeness (QED) is 0.685. The Hall–Kier alpha value is -1.88. The molecule has 0 fully saturated rings. The van der Waals surface area contributed by atoms with Crippen molar-refractivity contribution in [3.05, 3.63) is 63.5 Å². The second-order valence-corrected chi connectivity index (χ2v) is 4.78. The van der Waals surface area contributed by atoms with Gasteiger partial charge in [0.2, 0.25) is 0 Å². The lowest BCUT2D eigenvalue weighted by atomic mass is 10.2. The van der Waals surface area contributed by atoms with Crippen molar-refractivity contribution in [3.63, 3.8) is 0 Å². The molecule has 0 bridgehead atoms. The average Bonchev–Trinajstić information content (AvgIpc) is 2.33. The van der Waals surface area contributed by atoms with E-state index in [1.54, 1.807) is 0 Å². The molecule has 5 heteroatoms. The zero-order valence-electron chi connectivity index (χ0n) is 9.68. The fourth-order valence-corrected chi connectivity index (χ4v) is 2.00. The van der Waals surface area contributed by atoms with Crippen LogP contribution in [0.15, 0.2) is 47.2 Å². The number of anilines is 1. The van der Waals surface area contributed by atoms with Crippen molar-refractivity contribution in [2.75, 3.05) is 5.32 Å². The Kier molecular flexibility index (Phi) is 3.62. The number of nitrogens with one attached hydrogen (secondary N) is 1. The molecule has 1 N–H and O–H groups in total. The third-order valence-corrected chi connectivity index (χ3v) is 2.99. The number of hydrogen-bond acceptors (Lipinski definition) is 2. The highest BCUT2D eigenvalue weighted by molar-refractivity contribution is 9.10. The Morgan fingerprint density at radius 2 is 1.94 bits per heavy atom. The molecule has 0 saturated heterocycles. The molecule has 0 spiro atoms. The first kappa shape index (κ1) is 12.6. The molecule has 4 nitrogen and oxygen atoms in total. The van der Waals surface area contributed by atoms with Gasteiger partial charge in [-0.2, -0.15) is 4.73 Å². The van der Waals surface area contributed by atoms with E-state index in [9.17, 15) is 10.0 Å². The van der Waals surface area contributed by atoms with Gasteiger partial charge in [0.05, 0.1) is 5.56 Å². The molecule has 1 amide bonds. The van der Waals surface area contributed by atoms with Gasteiger partial charge in [0.15, 0.2) is 12.4 Å². The van der Waals surface area contributed by atoms with Gasteiger partial charge in [-0.15, -0.1) is 0 Å². The number of nitrogens with zero attached hydrogens (tertiary/aromatic N) is 1. The van der Waals surface area contributed by atoms with Gasteiger partial charge in [-0.1, -0.05) is 15.9 Å². The Morgan fingerprint density at radius 1 is 1.28 bits per heavy atom. The van der Waals surface area contributed by atoms with E-state index in [2.05, 4.69) is 21.2 Å². The Morgan fingerprint density at radius 3 is 2.56 bits per heavy atom. The highest BCUT2D eigenvalue weighted by Gasteiger charge is 2.08. The number of pyridine rings is 1. The van der Waals surface area contributed by atoms with Gasteiger partial charge in [-0.3, -0.25) is 4.79 Å². The minimum Gasteiger partial charge on any atom is -0.619 e. The van der Waals surface area contributed by atoms with Crippen molar-refractivity contribution >= 4 is 27.5 Å². The fourth-order valence-electron chi connectivity index (χ4n) is 1.53. The van der Waals surface area contributed by atoms with Gasteiger partial charge >= 0.3 is 0 Å². The lowest BCUT2D eigenvalue weighted by molar-refractivity contribution is -0.605. The summed E-state index contributed by atoms with van der Waals surface area (Å²) in [5, 5.41) is 13.7. The normalized spacial score (nSPS) is 10.1. The second kappa shape index (κ2) is 5.18. The molecule has 0 atom stereocenters. The van der Waals surface area contributed by atoms with E-state index >= 15 is 0 Å².